The Bertz CT molecular complexity index is 568. The molecule has 2 rings (SSSR count). The number of amidine groups is 1. The molecule has 8 heteroatoms. The van der Waals surface area contributed by atoms with E-state index in [0.717, 1.165) is 12.8 Å². The van der Waals surface area contributed by atoms with Crippen LogP contribution in [0.2, 0.25) is 0 Å². The topological polar surface area (TPSA) is 108 Å². The van der Waals surface area contributed by atoms with Crippen LogP contribution in [0.3, 0.4) is 0 Å². The molecule has 1 heterocycles. The zero-order valence-electron chi connectivity index (χ0n) is 10.9. The Morgan fingerprint density at radius 3 is 2.45 bits per heavy atom. The number of benzene rings is 1. The summed E-state index contributed by atoms with van der Waals surface area (Å²) < 4.78 is 28.4. The zero-order chi connectivity index (χ0) is 14.6. The van der Waals surface area contributed by atoms with Crippen LogP contribution in [0.4, 0.5) is 0 Å². The first-order valence-corrected chi connectivity index (χ1v) is 7.78. The van der Waals surface area contributed by atoms with Crippen LogP contribution in [0, 0.1) is 0 Å². The minimum absolute atomic E-state index is 0.195. The summed E-state index contributed by atoms with van der Waals surface area (Å²) in [5.41, 5.74) is 6.23. The van der Waals surface area contributed by atoms with E-state index in [1.165, 1.54) is 4.31 Å². The van der Waals surface area contributed by atoms with Crippen molar-refractivity contribution in [1.82, 2.24) is 9.03 Å². The quantitative estimate of drug-likeness (QED) is 0.316. The first-order chi connectivity index (χ1) is 9.54. The van der Waals surface area contributed by atoms with Crippen LogP contribution in [0.15, 0.2) is 35.5 Å². The zero-order valence-corrected chi connectivity index (χ0v) is 11.8. The number of nitrogens with two attached hydrogens (primary N) is 1. The third-order valence-electron chi connectivity index (χ3n) is 3.22. The molecule has 1 atom stereocenters. The Kier molecular flexibility index (Phi) is 4.58. The lowest BCUT2D eigenvalue weighted by Crippen LogP contribution is -2.44. The summed E-state index contributed by atoms with van der Waals surface area (Å²) in [5, 5.41) is 11.8. The van der Waals surface area contributed by atoms with Gasteiger partial charge in [-0.15, -0.1) is 0 Å². The second-order valence-corrected chi connectivity index (χ2v) is 6.30. The van der Waals surface area contributed by atoms with Gasteiger partial charge in [-0.25, -0.2) is 0 Å². The largest absolute Gasteiger partial charge is 0.409 e. The average molecular weight is 298 g/mol. The summed E-state index contributed by atoms with van der Waals surface area (Å²) in [5.74, 6) is -0.195. The molecule has 1 aromatic rings. The molecule has 110 valence electrons. The highest BCUT2D eigenvalue weighted by atomic mass is 32.2. The number of nitrogens with zero attached hydrogens (tertiary/aromatic N) is 2. The van der Waals surface area contributed by atoms with Crippen LogP contribution in [-0.4, -0.2) is 36.9 Å². The fourth-order valence-electron chi connectivity index (χ4n) is 2.15. The van der Waals surface area contributed by atoms with Gasteiger partial charge in [-0.1, -0.05) is 35.5 Å². The smallest absolute Gasteiger partial charge is 0.280 e. The summed E-state index contributed by atoms with van der Waals surface area (Å²) in [6.45, 7) is 0.986. The maximum atomic E-state index is 12.3. The Labute approximate surface area is 118 Å². The van der Waals surface area contributed by atoms with Gasteiger partial charge in [0.05, 0.1) is 0 Å². The first-order valence-electron chi connectivity index (χ1n) is 6.34. The molecule has 1 unspecified atom stereocenters. The maximum absolute atomic E-state index is 12.3. The first kappa shape index (κ1) is 14.8. The minimum atomic E-state index is -3.65. The van der Waals surface area contributed by atoms with Crippen LogP contribution >= 0.6 is 0 Å². The normalized spacial score (nSPS) is 19.1. The van der Waals surface area contributed by atoms with E-state index in [4.69, 9.17) is 10.9 Å². The Morgan fingerprint density at radius 2 is 1.90 bits per heavy atom. The van der Waals surface area contributed by atoms with Crippen molar-refractivity contribution in [2.75, 3.05) is 13.1 Å². The van der Waals surface area contributed by atoms with E-state index in [0.29, 0.717) is 18.7 Å². The summed E-state index contributed by atoms with van der Waals surface area (Å²) in [4.78, 5) is 0. The van der Waals surface area contributed by atoms with Gasteiger partial charge in [0, 0.05) is 13.1 Å². The van der Waals surface area contributed by atoms with Crippen molar-refractivity contribution in [3.8, 4) is 0 Å². The van der Waals surface area contributed by atoms with Gasteiger partial charge in [0.15, 0.2) is 5.84 Å². The molecule has 1 aromatic carbocycles. The molecule has 1 fully saturated rings. The highest BCUT2D eigenvalue weighted by Gasteiger charge is 2.30. The van der Waals surface area contributed by atoms with Gasteiger partial charge in [0.2, 0.25) is 0 Å². The predicted octanol–water partition coefficient (Wildman–Crippen LogP) is 0.404. The molecule has 1 aliphatic rings. The molecule has 1 saturated heterocycles. The molecular weight excluding hydrogens is 280 g/mol. The molecule has 1 aliphatic heterocycles. The fraction of sp³-hybridized carbons (Fsp3) is 0.417. The highest BCUT2D eigenvalue weighted by Crippen LogP contribution is 2.18. The molecule has 0 bridgehead atoms. The van der Waals surface area contributed by atoms with Crippen molar-refractivity contribution < 1.29 is 13.6 Å². The fourth-order valence-corrected chi connectivity index (χ4v) is 3.60. The van der Waals surface area contributed by atoms with Gasteiger partial charge in [0.25, 0.3) is 10.2 Å². The number of nitrogens with one attached hydrogen (secondary N) is 1. The summed E-state index contributed by atoms with van der Waals surface area (Å²) in [7, 11) is -3.65. The lowest BCUT2D eigenvalue weighted by molar-refractivity contribution is 0.315. The van der Waals surface area contributed by atoms with E-state index in [1.54, 1.807) is 24.3 Å². The molecule has 0 radical (unpaired) electrons. The second kappa shape index (κ2) is 6.21. The lowest BCUT2D eigenvalue weighted by Gasteiger charge is -2.22. The molecule has 7 nitrogen and oxygen atoms in total. The minimum Gasteiger partial charge on any atom is -0.409 e. The summed E-state index contributed by atoms with van der Waals surface area (Å²) in [6, 6.07) is 7.88. The van der Waals surface area contributed by atoms with Crippen molar-refractivity contribution in [3.63, 3.8) is 0 Å². The van der Waals surface area contributed by atoms with Crippen molar-refractivity contribution in [1.29, 1.82) is 0 Å². The van der Waals surface area contributed by atoms with Gasteiger partial charge in [-0.05, 0) is 18.4 Å². The van der Waals surface area contributed by atoms with Crippen LogP contribution in [0.5, 0.6) is 0 Å². The maximum Gasteiger partial charge on any atom is 0.280 e. The van der Waals surface area contributed by atoms with E-state index in [9.17, 15) is 8.42 Å². The SMILES string of the molecule is N/C(=N\O)C(NS(=O)(=O)N1CCCC1)c1ccccc1. The molecule has 20 heavy (non-hydrogen) atoms. The van der Waals surface area contributed by atoms with Crippen molar-refractivity contribution in [2.45, 2.75) is 18.9 Å². The summed E-state index contributed by atoms with van der Waals surface area (Å²) in [6.07, 6.45) is 1.70. The van der Waals surface area contributed by atoms with E-state index in [-0.39, 0.29) is 5.84 Å². The number of hydrogen-bond acceptors (Lipinski definition) is 4. The van der Waals surface area contributed by atoms with Gasteiger partial charge in [-0.2, -0.15) is 17.4 Å². The van der Waals surface area contributed by atoms with Gasteiger partial charge < -0.3 is 10.9 Å². The van der Waals surface area contributed by atoms with E-state index in [1.807, 2.05) is 6.07 Å². The number of hydrogen-bond donors (Lipinski definition) is 3. The molecule has 0 spiro atoms. The monoisotopic (exact) mass is 298 g/mol. The predicted molar refractivity (Wildman–Crippen MR) is 75.5 cm³/mol. The van der Waals surface area contributed by atoms with Gasteiger partial charge in [0.1, 0.15) is 6.04 Å². The van der Waals surface area contributed by atoms with Crippen LogP contribution in [0.1, 0.15) is 24.4 Å². The van der Waals surface area contributed by atoms with E-state index < -0.39 is 16.3 Å². The third kappa shape index (κ3) is 3.27. The standard InChI is InChI=1S/C12H18N4O3S/c13-12(14-17)11(10-6-2-1-3-7-10)15-20(18,19)16-8-4-5-9-16/h1-3,6-7,11,15,17H,4-5,8-9H2,(H2,13,14). The van der Waals surface area contributed by atoms with Crippen LogP contribution < -0.4 is 10.5 Å². The third-order valence-corrected chi connectivity index (χ3v) is 4.79. The Balaban J connectivity index is 2.25. The van der Waals surface area contributed by atoms with Crippen LogP contribution in [-0.2, 0) is 10.2 Å². The number of rotatable bonds is 5. The molecule has 0 amide bonds. The molecule has 4 N–H and O–H groups in total. The highest BCUT2D eigenvalue weighted by molar-refractivity contribution is 7.87. The Morgan fingerprint density at radius 1 is 1.30 bits per heavy atom. The Hall–Kier alpha value is -1.64. The van der Waals surface area contributed by atoms with Crippen molar-refractivity contribution in [3.05, 3.63) is 35.9 Å². The van der Waals surface area contributed by atoms with Gasteiger partial charge in [-0.3, -0.25) is 0 Å². The van der Waals surface area contributed by atoms with Gasteiger partial charge >= 0.3 is 0 Å². The summed E-state index contributed by atoms with van der Waals surface area (Å²) >= 11 is 0. The molecule has 0 saturated carbocycles. The molecular formula is C12H18N4O3S. The lowest BCUT2D eigenvalue weighted by atomic mass is 10.1. The van der Waals surface area contributed by atoms with Crippen LogP contribution in [0.25, 0.3) is 0 Å². The second-order valence-electron chi connectivity index (χ2n) is 4.60. The molecule has 0 aliphatic carbocycles. The van der Waals surface area contributed by atoms with Crippen molar-refractivity contribution in [2.24, 2.45) is 10.9 Å². The van der Waals surface area contributed by atoms with E-state index >= 15 is 0 Å². The average Bonchev–Trinajstić information content (AvgIpc) is 3.00. The number of oxime groups is 1. The van der Waals surface area contributed by atoms with Crippen molar-refractivity contribution >= 4 is 16.0 Å². The van der Waals surface area contributed by atoms with E-state index in [2.05, 4.69) is 9.88 Å². The molecule has 0 aromatic heterocycles.